The van der Waals surface area contributed by atoms with Crippen LogP contribution in [0.5, 0.6) is 0 Å². The highest BCUT2D eigenvalue weighted by Crippen LogP contribution is 2.23. The summed E-state index contributed by atoms with van der Waals surface area (Å²) in [5.41, 5.74) is 2.18. The molecule has 27 heavy (non-hydrogen) atoms. The summed E-state index contributed by atoms with van der Waals surface area (Å²) in [6, 6.07) is 5.60. The molecule has 7 heteroatoms. The topological polar surface area (TPSA) is 80.1 Å². The number of rotatable bonds is 4. The fourth-order valence-corrected chi connectivity index (χ4v) is 3.89. The van der Waals surface area contributed by atoms with E-state index >= 15 is 0 Å². The summed E-state index contributed by atoms with van der Waals surface area (Å²) >= 11 is 0. The lowest BCUT2D eigenvalue weighted by molar-refractivity contribution is 0.0717. The van der Waals surface area contributed by atoms with Crippen LogP contribution >= 0.6 is 0 Å². The Morgan fingerprint density at radius 1 is 1.04 bits per heavy atom. The Bertz CT molecular complexity index is 824. The molecule has 7 nitrogen and oxygen atoms in total. The first kappa shape index (κ1) is 17.7. The Kier molecular flexibility index (Phi) is 5.18. The summed E-state index contributed by atoms with van der Waals surface area (Å²) in [5, 5.41) is 2.89. The summed E-state index contributed by atoms with van der Waals surface area (Å²) in [5.74, 6) is 0.0756. The van der Waals surface area contributed by atoms with Gasteiger partial charge in [0.15, 0.2) is 5.82 Å². The van der Waals surface area contributed by atoms with Gasteiger partial charge in [0.05, 0.1) is 17.9 Å². The summed E-state index contributed by atoms with van der Waals surface area (Å²) in [7, 11) is 0. The average molecular weight is 367 g/mol. The number of imidazole rings is 1. The van der Waals surface area contributed by atoms with E-state index in [-0.39, 0.29) is 11.8 Å². The number of carbonyl (C=O) groups excluding carboxylic acids is 2. The Hall–Kier alpha value is -2.70. The molecule has 1 N–H and O–H groups in total. The van der Waals surface area contributed by atoms with Crippen molar-refractivity contribution in [2.24, 2.45) is 0 Å². The number of fused-ring (bicyclic) bond motifs is 1. The van der Waals surface area contributed by atoms with E-state index in [0.717, 1.165) is 63.1 Å². The van der Waals surface area contributed by atoms with E-state index in [4.69, 9.17) is 0 Å². The molecule has 0 spiro atoms. The number of aromatic nitrogens is 3. The van der Waals surface area contributed by atoms with Crippen LogP contribution in [-0.2, 0) is 19.5 Å². The van der Waals surface area contributed by atoms with Crippen LogP contribution in [0.1, 0.15) is 64.6 Å². The van der Waals surface area contributed by atoms with Crippen LogP contribution < -0.4 is 5.32 Å². The lowest BCUT2D eigenvalue weighted by Gasteiger charge is -2.26. The van der Waals surface area contributed by atoms with Gasteiger partial charge in [-0.15, -0.1) is 0 Å². The molecule has 0 atom stereocenters. The Balaban J connectivity index is 1.56. The molecular formula is C20H25N5O2. The Labute approximate surface area is 158 Å². The van der Waals surface area contributed by atoms with Crippen molar-refractivity contribution >= 4 is 11.8 Å². The highest BCUT2D eigenvalue weighted by molar-refractivity contribution is 5.97. The van der Waals surface area contributed by atoms with E-state index in [0.29, 0.717) is 18.1 Å². The summed E-state index contributed by atoms with van der Waals surface area (Å²) < 4.78 is 1.94. The lowest BCUT2D eigenvalue weighted by atomic mass is 10.1. The van der Waals surface area contributed by atoms with E-state index < -0.39 is 0 Å². The zero-order chi connectivity index (χ0) is 18.6. The monoisotopic (exact) mass is 367 g/mol. The Morgan fingerprint density at radius 3 is 2.63 bits per heavy atom. The molecule has 0 aromatic carbocycles. The summed E-state index contributed by atoms with van der Waals surface area (Å²) in [4.78, 5) is 36.4. The Morgan fingerprint density at radius 2 is 1.85 bits per heavy atom. The maximum atomic E-state index is 13.0. The maximum Gasteiger partial charge on any atom is 0.287 e. The third-order valence-electron chi connectivity index (χ3n) is 5.32. The van der Waals surface area contributed by atoms with E-state index in [1.165, 1.54) is 6.42 Å². The van der Waals surface area contributed by atoms with Gasteiger partial charge in [0.1, 0.15) is 5.69 Å². The van der Waals surface area contributed by atoms with Gasteiger partial charge < -0.3 is 14.8 Å². The maximum absolute atomic E-state index is 13.0. The molecule has 0 saturated carbocycles. The van der Waals surface area contributed by atoms with Crippen LogP contribution in [0.2, 0.25) is 0 Å². The van der Waals surface area contributed by atoms with Crippen LogP contribution in [0.15, 0.2) is 24.4 Å². The molecule has 4 heterocycles. The van der Waals surface area contributed by atoms with Crippen molar-refractivity contribution in [3.05, 3.63) is 47.3 Å². The molecule has 2 aromatic rings. The van der Waals surface area contributed by atoms with Gasteiger partial charge in [-0.1, -0.05) is 6.07 Å². The number of likely N-dealkylation sites (tertiary alicyclic amines) is 1. The first-order valence-electron chi connectivity index (χ1n) is 9.81. The van der Waals surface area contributed by atoms with Gasteiger partial charge in [-0.2, -0.15) is 0 Å². The van der Waals surface area contributed by atoms with Gasteiger partial charge in [-0.25, -0.2) is 4.98 Å². The van der Waals surface area contributed by atoms with Crippen LogP contribution in [0.25, 0.3) is 0 Å². The first-order valence-corrected chi connectivity index (χ1v) is 9.81. The molecule has 142 valence electrons. The zero-order valence-electron chi connectivity index (χ0n) is 15.5. The minimum absolute atomic E-state index is 0.0240. The molecule has 2 aromatic heterocycles. The second-order valence-corrected chi connectivity index (χ2v) is 7.20. The fourth-order valence-electron chi connectivity index (χ4n) is 3.89. The molecule has 0 unspecified atom stereocenters. The SMILES string of the molecule is O=C(NCc1ccccn1)c1nc(C(=O)N2CCCCC2)c2n1CCCC2. The van der Waals surface area contributed by atoms with E-state index in [1.807, 2.05) is 27.7 Å². The third kappa shape index (κ3) is 3.72. The van der Waals surface area contributed by atoms with E-state index in [9.17, 15) is 9.59 Å². The molecule has 2 aliphatic heterocycles. The number of nitrogens with zero attached hydrogens (tertiary/aromatic N) is 4. The van der Waals surface area contributed by atoms with Crippen LogP contribution in [-0.4, -0.2) is 44.3 Å². The van der Waals surface area contributed by atoms with Gasteiger partial charge in [-0.3, -0.25) is 14.6 Å². The van der Waals surface area contributed by atoms with Crippen LogP contribution in [0.3, 0.4) is 0 Å². The molecule has 0 aliphatic carbocycles. The molecule has 2 amide bonds. The smallest absolute Gasteiger partial charge is 0.287 e. The number of amides is 2. The minimum Gasteiger partial charge on any atom is -0.344 e. The minimum atomic E-state index is -0.249. The molecule has 0 bridgehead atoms. The van der Waals surface area contributed by atoms with Crippen molar-refractivity contribution in [2.45, 2.75) is 51.6 Å². The van der Waals surface area contributed by atoms with Gasteiger partial charge in [0.2, 0.25) is 0 Å². The van der Waals surface area contributed by atoms with Gasteiger partial charge in [-0.05, 0) is 50.7 Å². The third-order valence-corrected chi connectivity index (χ3v) is 5.32. The number of carbonyl (C=O) groups is 2. The highest BCUT2D eigenvalue weighted by atomic mass is 16.2. The van der Waals surface area contributed by atoms with Crippen molar-refractivity contribution in [3.8, 4) is 0 Å². The molecule has 4 rings (SSSR count). The molecule has 1 saturated heterocycles. The second kappa shape index (κ2) is 7.90. The number of pyridine rings is 1. The lowest BCUT2D eigenvalue weighted by Crippen LogP contribution is -2.36. The molecule has 0 radical (unpaired) electrons. The summed E-state index contributed by atoms with van der Waals surface area (Å²) in [6.45, 7) is 2.65. The fraction of sp³-hybridized carbons (Fsp3) is 0.500. The number of nitrogens with one attached hydrogen (secondary N) is 1. The van der Waals surface area contributed by atoms with E-state index in [2.05, 4.69) is 15.3 Å². The average Bonchev–Trinajstić information content (AvgIpc) is 3.13. The molecular weight excluding hydrogens is 342 g/mol. The predicted molar refractivity (Wildman–Crippen MR) is 100 cm³/mol. The van der Waals surface area contributed by atoms with Crippen molar-refractivity contribution in [2.75, 3.05) is 13.1 Å². The van der Waals surface area contributed by atoms with Gasteiger partial charge >= 0.3 is 0 Å². The number of hydrogen-bond donors (Lipinski definition) is 1. The van der Waals surface area contributed by atoms with Crippen molar-refractivity contribution in [1.82, 2.24) is 24.8 Å². The van der Waals surface area contributed by atoms with E-state index in [1.54, 1.807) is 6.20 Å². The molecule has 1 fully saturated rings. The largest absolute Gasteiger partial charge is 0.344 e. The van der Waals surface area contributed by atoms with Crippen molar-refractivity contribution < 1.29 is 9.59 Å². The summed E-state index contributed by atoms with van der Waals surface area (Å²) in [6.07, 6.45) is 7.79. The normalized spacial score (nSPS) is 16.7. The van der Waals surface area contributed by atoms with Crippen molar-refractivity contribution in [3.63, 3.8) is 0 Å². The van der Waals surface area contributed by atoms with Gasteiger partial charge in [0, 0.05) is 25.8 Å². The quantitative estimate of drug-likeness (QED) is 0.898. The standard InChI is InChI=1S/C20H25N5O2/c26-19(22-14-15-8-2-4-10-21-15)18-23-17(16-9-3-7-13-25(16)18)20(27)24-11-5-1-6-12-24/h2,4,8,10H,1,3,5-7,9,11-14H2,(H,22,26). The van der Waals surface area contributed by atoms with Gasteiger partial charge in [0.25, 0.3) is 11.8 Å². The zero-order valence-corrected chi connectivity index (χ0v) is 15.5. The van der Waals surface area contributed by atoms with Crippen LogP contribution in [0.4, 0.5) is 0 Å². The second-order valence-electron chi connectivity index (χ2n) is 7.20. The van der Waals surface area contributed by atoms with Crippen LogP contribution in [0, 0.1) is 0 Å². The highest BCUT2D eigenvalue weighted by Gasteiger charge is 2.30. The number of piperidine rings is 1. The van der Waals surface area contributed by atoms with Crippen molar-refractivity contribution in [1.29, 1.82) is 0 Å². The predicted octanol–water partition coefficient (Wildman–Crippen LogP) is 2.17. The number of hydrogen-bond acceptors (Lipinski definition) is 4. The molecule has 2 aliphatic rings. The first-order chi connectivity index (χ1) is 13.2.